The van der Waals surface area contributed by atoms with Crippen molar-refractivity contribution in [1.29, 1.82) is 0 Å². The van der Waals surface area contributed by atoms with Crippen molar-refractivity contribution in [3.63, 3.8) is 0 Å². The van der Waals surface area contributed by atoms with E-state index < -0.39 is 5.97 Å². The van der Waals surface area contributed by atoms with E-state index in [0.717, 1.165) is 0 Å². The summed E-state index contributed by atoms with van der Waals surface area (Å²) in [7, 11) is 1.40. The van der Waals surface area contributed by atoms with Crippen molar-refractivity contribution < 1.29 is 14.4 Å². The van der Waals surface area contributed by atoms with E-state index in [0.29, 0.717) is 18.1 Å². The summed E-state index contributed by atoms with van der Waals surface area (Å²) in [5.74, 6) is -0.0268. The van der Waals surface area contributed by atoms with Gasteiger partial charge in [0.1, 0.15) is 7.11 Å². The number of carbonyl (C=O) groups is 1. The van der Waals surface area contributed by atoms with Crippen molar-refractivity contribution in [1.82, 2.24) is 0 Å². The Morgan fingerprint density at radius 2 is 1.89 bits per heavy atom. The summed E-state index contributed by atoms with van der Waals surface area (Å²) < 4.78 is 4.94. The molecule has 1 aromatic rings. The van der Waals surface area contributed by atoms with Crippen LogP contribution in [0, 0.1) is 0 Å². The zero-order valence-corrected chi connectivity index (χ0v) is 11.3. The summed E-state index contributed by atoms with van der Waals surface area (Å²) >= 11 is 0. The molecule has 0 spiro atoms. The fourth-order valence-electron chi connectivity index (χ4n) is 1.52. The normalized spacial score (nSPS) is 11.5. The molecule has 0 bridgehead atoms. The number of nitrogens with zero attached hydrogens (tertiary/aromatic N) is 1. The molecule has 0 aliphatic heterocycles. The van der Waals surface area contributed by atoms with Gasteiger partial charge in [-0.2, -0.15) is 0 Å². The van der Waals surface area contributed by atoms with Crippen molar-refractivity contribution in [3.05, 3.63) is 35.4 Å². The topological polar surface area (TPSA) is 47.9 Å². The highest BCUT2D eigenvalue weighted by molar-refractivity contribution is 6.43. The molecule has 18 heavy (non-hydrogen) atoms. The molecule has 0 heterocycles. The second-order valence-electron chi connectivity index (χ2n) is 4.12. The van der Waals surface area contributed by atoms with Crippen LogP contribution in [0.25, 0.3) is 0 Å². The highest BCUT2D eigenvalue weighted by atomic mass is 16.6. The molecule has 0 aliphatic carbocycles. The maximum atomic E-state index is 11.7. The minimum Gasteiger partial charge on any atom is -0.461 e. The van der Waals surface area contributed by atoms with Crippen LogP contribution in [-0.4, -0.2) is 25.4 Å². The molecular weight excluding hydrogens is 230 g/mol. The van der Waals surface area contributed by atoms with Crippen LogP contribution in [0.15, 0.2) is 29.4 Å². The Labute approximate surface area is 108 Å². The zero-order valence-electron chi connectivity index (χ0n) is 11.3. The van der Waals surface area contributed by atoms with Crippen LogP contribution in [0.5, 0.6) is 0 Å². The average Bonchev–Trinajstić information content (AvgIpc) is 2.36. The number of carbonyl (C=O) groups excluding carboxylic acids is 1. The Hall–Kier alpha value is -1.84. The molecule has 0 saturated heterocycles. The van der Waals surface area contributed by atoms with Gasteiger partial charge >= 0.3 is 5.97 Å². The Kier molecular flexibility index (Phi) is 5.36. The molecule has 0 atom stereocenters. The van der Waals surface area contributed by atoms with E-state index in [9.17, 15) is 4.79 Å². The summed E-state index contributed by atoms with van der Waals surface area (Å²) in [4.78, 5) is 16.4. The Balaban J connectivity index is 3.00. The lowest BCUT2D eigenvalue weighted by Gasteiger charge is -2.08. The zero-order chi connectivity index (χ0) is 13.5. The standard InChI is InChI=1S/C14H19NO3/c1-5-18-14(16)13(15-17-4)12-8-6-11(7-9-12)10(2)3/h6-10H,5H2,1-4H3. The van der Waals surface area contributed by atoms with E-state index in [-0.39, 0.29) is 5.71 Å². The highest BCUT2D eigenvalue weighted by Gasteiger charge is 2.16. The van der Waals surface area contributed by atoms with Gasteiger partial charge in [-0.15, -0.1) is 0 Å². The third-order valence-corrected chi connectivity index (χ3v) is 2.50. The fourth-order valence-corrected chi connectivity index (χ4v) is 1.52. The summed E-state index contributed by atoms with van der Waals surface area (Å²) in [6.07, 6.45) is 0. The van der Waals surface area contributed by atoms with Crippen LogP contribution in [0.3, 0.4) is 0 Å². The Morgan fingerprint density at radius 3 is 2.33 bits per heavy atom. The van der Waals surface area contributed by atoms with E-state index in [1.54, 1.807) is 6.92 Å². The number of ether oxygens (including phenoxy) is 1. The molecule has 4 nitrogen and oxygen atoms in total. The van der Waals surface area contributed by atoms with Gasteiger partial charge < -0.3 is 9.57 Å². The molecular formula is C14H19NO3. The minimum absolute atomic E-state index is 0.189. The van der Waals surface area contributed by atoms with Gasteiger partial charge in [0.15, 0.2) is 5.71 Å². The average molecular weight is 249 g/mol. The van der Waals surface area contributed by atoms with Crippen molar-refractivity contribution in [2.75, 3.05) is 13.7 Å². The van der Waals surface area contributed by atoms with Gasteiger partial charge in [-0.1, -0.05) is 43.3 Å². The maximum Gasteiger partial charge on any atom is 0.361 e. The first-order valence-electron chi connectivity index (χ1n) is 5.98. The second kappa shape index (κ2) is 6.79. The SMILES string of the molecule is CCOC(=O)C(=NOC)c1ccc(C(C)C)cc1. The lowest BCUT2D eigenvalue weighted by atomic mass is 10.0. The fraction of sp³-hybridized carbons (Fsp3) is 0.429. The van der Waals surface area contributed by atoms with E-state index in [2.05, 4.69) is 19.0 Å². The van der Waals surface area contributed by atoms with E-state index in [1.165, 1.54) is 12.7 Å². The first kappa shape index (κ1) is 14.2. The summed E-state index contributed by atoms with van der Waals surface area (Å²) in [6, 6.07) is 7.66. The predicted octanol–water partition coefficient (Wildman–Crippen LogP) is 2.72. The number of benzene rings is 1. The van der Waals surface area contributed by atoms with Crippen molar-refractivity contribution in [2.45, 2.75) is 26.7 Å². The van der Waals surface area contributed by atoms with Crippen LogP contribution in [0.2, 0.25) is 0 Å². The summed E-state index contributed by atoms with van der Waals surface area (Å²) in [5, 5.41) is 3.73. The third-order valence-electron chi connectivity index (χ3n) is 2.50. The number of esters is 1. The molecule has 0 radical (unpaired) electrons. The van der Waals surface area contributed by atoms with Crippen LogP contribution in [0.4, 0.5) is 0 Å². The number of oxime groups is 1. The summed E-state index contributed by atoms with van der Waals surface area (Å²) in [5.41, 5.74) is 2.09. The van der Waals surface area contributed by atoms with Crippen LogP contribution in [-0.2, 0) is 14.4 Å². The van der Waals surface area contributed by atoms with Crippen LogP contribution in [0.1, 0.15) is 37.8 Å². The number of hydrogen-bond acceptors (Lipinski definition) is 4. The van der Waals surface area contributed by atoms with Gasteiger partial charge in [-0.05, 0) is 18.4 Å². The maximum absolute atomic E-state index is 11.7. The first-order chi connectivity index (χ1) is 8.60. The van der Waals surface area contributed by atoms with Crippen molar-refractivity contribution in [2.24, 2.45) is 5.16 Å². The van der Waals surface area contributed by atoms with Gasteiger partial charge in [-0.3, -0.25) is 0 Å². The monoisotopic (exact) mass is 249 g/mol. The molecule has 0 saturated carbocycles. The molecule has 0 amide bonds. The molecule has 0 aliphatic rings. The van der Waals surface area contributed by atoms with Crippen molar-refractivity contribution in [3.8, 4) is 0 Å². The van der Waals surface area contributed by atoms with Crippen LogP contribution >= 0.6 is 0 Å². The van der Waals surface area contributed by atoms with E-state index in [4.69, 9.17) is 9.57 Å². The number of rotatable bonds is 5. The number of hydrogen-bond donors (Lipinski definition) is 0. The third kappa shape index (κ3) is 3.58. The van der Waals surface area contributed by atoms with E-state index >= 15 is 0 Å². The molecule has 1 aromatic carbocycles. The molecule has 0 N–H and O–H groups in total. The first-order valence-corrected chi connectivity index (χ1v) is 5.98. The van der Waals surface area contributed by atoms with Gasteiger partial charge in [0, 0.05) is 5.56 Å². The van der Waals surface area contributed by atoms with Gasteiger partial charge in [0.05, 0.1) is 6.61 Å². The molecule has 0 unspecified atom stereocenters. The Morgan fingerprint density at radius 1 is 1.28 bits per heavy atom. The summed E-state index contributed by atoms with van der Waals surface area (Å²) in [6.45, 7) is 6.30. The molecule has 1 rings (SSSR count). The Bertz CT molecular complexity index is 421. The lowest BCUT2D eigenvalue weighted by Crippen LogP contribution is -2.19. The molecule has 0 aromatic heterocycles. The second-order valence-corrected chi connectivity index (χ2v) is 4.12. The largest absolute Gasteiger partial charge is 0.461 e. The van der Waals surface area contributed by atoms with Gasteiger partial charge in [0.2, 0.25) is 0 Å². The molecule has 98 valence electrons. The smallest absolute Gasteiger partial charge is 0.361 e. The van der Waals surface area contributed by atoms with Crippen LogP contribution < -0.4 is 0 Å². The molecule has 4 heteroatoms. The van der Waals surface area contributed by atoms with E-state index in [1.807, 2.05) is 24.3 Å². The predicted molar refractivity (Wildman–Crippen MR) is 70.7 cm³/mol. The molecule has 0 fully saturated rings. The van der Waals surface area contributed by atoms with Gasteiger partial charge in [-0.25, -0.2) is 4.79 Å². The quantitative estimate of drug-likeness (QED) is 0.458. The lowest BCUT2D eigenvalue weighted by molar-refractivity contribution is -0.135. The highest BCUT2D eigenvalue weighted by Crippen LogP contribution is 2.15. The van der Waals surface area contributed by atoms with Gasteiger partial charge in [0.25, 0.3) is 0 Å². The van der Waals surface area contributed by atoms with Crippen molar-refractivity contribution >= 4 is 11.7 Å². The minimum atomic E-state index is -0.475.